The Balaban J connectivity index is 1.78. The predicted molar refractivity (Wildman–Crippen MR) is 74.4 cm³/mol. The largest absolute Gasteiger partial charge is 0.272 e. The fraction of sp³-hybridized carbons (Fsp3) is 0.562. The highest BCUT2D eigenvalue weighted by Crippen LogP contribution is 2.68. The van der Waals surface area contributed by atoms with Gasteiger partial charge in [-0.3, -0.25) is 4.79 Å². The van der Waals surface area contributed by atoms with Crippen molar-refractivity contribution in [2.45, 2.75) is 39.2 Å². The summed E-state index contributed by atoms with van der Waals surface area (Å²) in [5.41, 5.74) is 4.41. The van der Waals surface area contributed by atoms with E-state index in [2.05, 4.69) is 19.3 Å². The molecule has 1 saturated heterocycles. The van der Waals surface area contributed by atoms with E-state index in [1.54, 1.807) is 5.01 Å². The van der Waals surface area contributed by atoms with Gasteiger partial charge >= 0.3 is 0 Å². The number of anilines is 1. The Morgan fingerprint density at radius 2 is 2.00 bits per heavy atom. The number of hydrogen-bond acceptors (Lipinski definition) is 2. The molecule has 1 heterocycles. The molecule has 3 aliphatic rings. The van der Waals surface area contributed by atoms with Gasteiger partial charge in [0.2, 0.25) is 5.91 Å². The minimum atomic E-state index is -0.173. The van der Waals surface area contributed by atoms with Crippen LogP contribution in [0, 0.1) is 16.7 Å². The van der Waals surface area contributed by atoms with Gasteiger partial charge in [-0.25, -0.2) is 10.4 Å². The zero-order valence-corrected chi connectivity index (χ0v) is 11.5. The van der Waals surface area contributed by atoms with Crippen molar-refractivity contribution < 1.29 is 4.79 Å². The van der Waals surface area contributed by atoms with Crippen molar-refractivity contribution in [2.24, 2.45) is 16.7 Å². The Kier molecular flexibility index (Phi) is 2.05. The third-order valence-corrected chi connectivity index (χ3v) is 6.06. The summed E-state index contributed by atoms with van der Waals surface area (Å²) in [5, 5.41) is 1.80. The van der Waals surface area contributed by atoms with Crippen LogP contribution in [0.1, 0.15) is 33.1 Å². The van der Waals surface area contributed by atoms with E-state index in [1.807, 2.05) is 30.3 Å². The van der Waals surface area contributed by atoms with E-state index in [0.717, 1.165) is 18.5 Å². The highest BCUT2D eigenvalue weighted by atomic mass is 16.2. The Morgan fingerprint density at radius 1 is 1.26 bits per heavy atom. The molecule has 0 radical (unpaired) electrons. The van der Waals surface area contributed by atoms with Crippen molar-refractivity contribution in [3.05, 3.63) is 30.3 Å². The predicted octanol–water partition coefficient (Wildman–Crippen LogP) is 2.73. The molecule has 3 heteroatoms. The molecule has 1 spiro atoms. The summed E-state index contributed by atoms with van der Waals surface area (Å²) >= 11 is 0. The van der Waals surface area contributed by atoms with Gasteiger partial charge in [0, 0.05) is 6.04 Å². The molecule has 19 heavy (non-hydrogen) atoms. The van der Waals surface area contributed by atoms with Crippen molar-refractivity contribution in [1.29, 1.82) is 0 Å². The van der Waals surface area contributed by atoms with Gasteiger partial charge in [0.1, 0.15) is 0 Å². The van der Waals surface area contributed by atoms with Crippen LogP contribution in [0.25, 0.3) is 0 Å². The average molecular weight is 256 g/mol. The highest BCUT2D eigenvalue weighted by molar-refractivity contribution is 6.01. The van der Waals surface area contributed by atoms with Crippen LogP contribution >= 0.6 is 0 Å². The van der Waals surface area contributed by atoms with Crippen LogP contribution in [0.2, 0.25) is 0 Å². The van der Waals surface area contributed by atoms with Crippen LogP contribution in [-0.2, 0) is 4.79 Å². The van der Waals surface area contributed by atoms with Gasteiger partial charge in [-0.05, 0) is 42.7 Å². The number of hydrazine groups is 1. The third kappa shape index (κ3) is 1.15. The maximum atomic E-state index is 13.0. The highest BCUT2D eigenvalue weighted by Gasteiger charge is 2.71. The normalized spacial score (nSPS) is 38.8. The van der Waals surface area contributed by atoms with Crippen LogP contribution in [0.15, 0.2) is 30.3 Å². The Bertz CT molecular complexity index is 539. The molecule has 3 atom stereocenters. The lowest BCUT2D eigenvalue weighted by molar-refractivity contribution is -0.129. The van der Waals surface area contributed by atoms with Gasteiger partial charge in [0.25, 0.3) is 0 Å². The van der Waals surface area contributed by atoms with E-state index in [1.165, 1.54) is 6.42 Å². The van der Waals surface area contributed by atoms with E-state index in [4.69, 9.17) is 0 Å². The van der Waals surface area contributed by atoms with Crippen LogP contribution in [-0.4, -0.2) is 11.9 Å². The van der Waals surface area contributed by atoms with E-state index in [0.29, 0.717) is 12.0 Å². The van der Waals surface area contributed by atoms with Crippen molar-refractivity contribution in [3.8, 4) is 0 Å². The summed E-state index contributed by atoms with van der Waals surface area (Å²) < 4.78 is 0. The Labute approximate surface area is 114 Å². The summed E-state index contributed by atoms with van der Waals surface area (Å²) in [7, 11) is 0. The summed E-state index contributed by atoms with van der Waals surface area (Å²) in [4.78, 5) is 13.0. The molecule has 1 aromatic carbocycles. The standard InChI is InChI=1S/C16H20N2O/c1-15(2)11-8-9-16(15)13(10-11)17-18(14(16)19)12-6-4-3-5-7-12/h3-7,11,13,17H,8-10H2,1-2H3. The number of carbonyl (C=O) groups excluding carboxylic acids is 1. The summed E-state index contributed by atoms with van der Waals surface area (Å²) in [6, 6.07) is 10.3. The number of nitrogens with zero attached hydrogens (tertiary/aromatic N) is 1. The van der Waals surface area contributed by atoms with Gasteiger partial charge < -0.3 is 0 Å². The first-order valence-corrected chi connectivity index (χ1v) is 7.23. The van der Waals surface area contributed by atoms with Crippen LogP contribution in [0.5, 0.6) is 0 Å². The zero-order valence-electron chi connectivity index (χ0n) is 11.5. The molecular weight excluding hydrogens is 236 g/mol. The van der Waals surface area contributed by atoms with E-state index in [9.17, 15) is 4.79 Å². The van der Waals surface area contributed by atoms with Crippen molar-refractivity contribution in [2.75, 3.05) is 5.01 Å². The van der Waals surface area contributed by atoms with Crippen molar-refractivity contribution >= 4 is 11.6 Å². The van der Waals surface area contributed by atoms with E-state index in [-0.39, 0.29) is 16.7 Å². The fourth-order valence-electron chi connectivity index (χ4n) is 4.85. The molecule has 1 aliphatic heterocycles. The minimum Gasteiger partial charge on any atom is -0.272 e. The maximum Gasteiger partial charge on any atom is 0.249 e. The second kappa shape index (κ2) is 3.40. The number of rotatable bonds is 1. The molecule has 2 saturated carbocycles. The third-order valence-electron chi connectivity index (χ3n) is 6.06. The molecule has 0 aromatic heterocycles. The van der Waals surface area contributed by atoms with E-state index >= 15 is 0 Å². The first-order valence-electron chi connectivity index (χ1n) is 7.23. The zero-order chi connectivity index (χ0) is 13.3. The molecule has 4 rings (SSSR count). The number of para-hydroxylation sites is 1. The number of amides is 1. The summed E-state index contributed by atoms with van der Waals surface area (Å²) in [6.45, 7) is 4.58. The molecule has 100 valence electrons. The lowest BCUT2D eigenvalue weighted by Crippen LogP contribution is -2.43. The first kappa shape index (κ1) is 11.5. The molecular formula is C16H20N2O. The van der Waals surface area contributed by atoms with Gasteiger partial charge in [-0.15, -0.1) is 0 Å². The van der Waals surface area contributed by atoms with Crippen LogP contribution in [0.3, 0.4) is 0 Å². The van der Waals surface area contributed by atoms with Gasteiger partial charge in [-0.1, -0.05) is 32.0 Å². The van der Waals surface area contributed by atoms with Crippen molar-refractivity contribution in [1.82, 2.24) is 5.43 Å². The first-order chi connectivity index (χ1) is 9.07. The van der Waals surface area contributed by atoms with E-state index < -0.39 is 0 Å². The van der Waals surface area contributed by atoms with Crippen LogP contribution < -0.4 is 10.4 Å². The van der Waals surface area contributed by atoms with Gasteiger partial charge in [-0.2, -0.15) is 0 Å². The second-order valence-electron chi connectivity index (χ2n) is 6.82. The number of benzene rings is 1. The van der Waals surface area contributed by atoms with Gasteiger partial charge in [0.05, 0.1) is 11.1 Å². The number of nitrogens with one attached hydrogen (secondary N) is 1. The monoisotopic (exact) mass is 256 g/mol. The molecule has 1 amide bonds. The van der Waals surface area contributed by atoms with Crippen LogP contribution in [0.4, 0.5) is 5.69 Å². The Hall–Kier alpha value is -1.35. The SMILES string of the molecule is CC1(C)C2CCC13C(=O)N(c1ccccc1)NC3C2. The molecule has 1 aromatic rings. The topological polar surface area (TPSA) is 32.3 Å². The molecule has 3 fully saturated rings. The fourth-order valence-corrected chi connectivity index (χ4v) is 4.85. The number of carbonyl (C=O) groups is 1. The summed E-state index contributed by atoms with van der Waals surface area (Å²) in [5.74, 6) is 0.987. The summed E-state index contributed by atoms with van der Waals surface area (Å²) in [6.07, 6.45) is 3.39. The molecule has 2 bridgehead atoms. The van der Waals surface area contributed by atoms with Crippen molar-refractivity contribution in [3.63, 3.8) is 0 Å². The lowest BCUT2D eigenvalue weighted by atomic mass is 9.68. The number of hydrogen-bond donors (Lipinski definition) is 1. The average Bonchev–Trinajstić information content (AvgIpc) is 2.94. The molecule has 2 aliphatic carbocycles. The number of fused-ring (bicyclic) bond motifs is 1. The minimum absolute atomic E-state index is 0.130. The second-order valence-corrected chi connectivity index (χ2v) is 6.82. The molecule has 3 nitrogen and oxygen atoms in total. The smallest absolute Gasteiger partial charge is 0.249 e. The molecule has 1 N–H and O–H groups in total. The Morgan fingerprint density at radius 3 is 2.63 bits per heavy atom. The molecule has 3 unspecified atom stereocenters. The maximum absolute atomic E-state index is 13.0. The quantitative estimate of drug-likeness (QED) is 0.838. The lowest BCUT2D eigenvalue weighted by Gasteiger charge is -2.34. The van der Waals surface area contributed by atoms with Gasteiger partial charge in [0.15, 0.2) is 0 Å².